The molecule has 1 N–H and O–H groups in total. The van der Waals surface area contributed by atoms with Gasteiger partial charge in [0.25, 0.3) is 0 Å². The molecule has 1 aliphatic heterocycles. The zero-order valence-electron chi connectivity index (χ0n) is 11.5. The summed E-state index contributed by atoms with van der Waals surface area (Å²) in [6.07, 6.45) is 4.16. The fourth-order valence-electron chi connectivity index (χ4n) is 2.22. The van der Waals surface area contributed by atoms with Crippen LogP contribution in [0.25, 0.3) is 5.70 Å². The first-order valence-electron chi connectivity index (χ1n) is 6.44. The second-order valence-electron chi connectivity index (χ2n) is 4.55. The minimum absolute atomic E-state index is 0.860. The number of nitrogens with one attached hydrogen (secondary N) is 1. The number of benzene rings is 2. The molecule has 0 atom stereocenters. The molecular formula is C17H16NO2. The maximum Gasteiger partial charge on any atom is 0.119 e. The van der Waals surface area contributed by atoms with E-state index >= 15 is 0 Å². The molecule has 0 aromatic heterocycles. The zero-order chi connectivity index (χ0) is 13.9. The van der Waals surface area contributed by atoms with Gasteiger partial charge in [-0.2, -0.15) is 0 Å². The van der Waals surface area contributed by atoms with Crippen LogP contribution in [-0.4, -0.2) is 14.2 Å². The minimum atomic E-state index is 0.860. The topological polar surface area (TPSA) is 30.5 Å². The Balaban J connectivity index is 1.85. The Hall–Kier alpha value is -2.42. The van der Waals surface area contributed by atoms with E-state index in [9.17, 15) is 0 Å². The van der Waals surface area contributed by atoms with Crippen molar-refractivity contribution in [1.82, 2.24) is 0 Å². The summed E-state index contributed by atoms with van der Waals surface area (Å²) in [5.74, 6) is 1.72. The fourth-order valence-corrected chi connectivity index (χ4v) is 2.22. The van der Waals surface area contributed by atoms with Gasteiger partial charge in [-0.25, -0.2) is 0 Å². The highest BCUT2D eigenvalue weighted by Crippen LogP contribution is 2.32. The first kappa shape index (κ1) is 12.6. The molecule has 3 heteroatoms. The lowest BCUT2D eigenvalue weighted by Crippen LogP contribution is -2.06. The molecule has 0 unspecified atom stereocenters. The van der Waals surface area contributed by atoms with E-state index in [2.05, 4.69) is 17.8 Å². The molecule has 3 nitrogen and oxygen atoms in total. The molecule has 0 saturated heterocycles. The van der Waals surface area contributed by atoms with E-state index < -0.39 is 0 Å². The molecule has 0 amide bonds. The summed E-state index contributed by atoms with van der Waals surface area (Å²) in [4.78, 5) is 0. The molecule has 0 spiro atoms. The van der Waals surface area contributed by atoms with Crippen molar-refractivity contribution in [2.24, 2.45) is 0 Å². The Morgan fingerprint density at radius 3 is 2.25 bits per heavy atom. The van der Waals surface area contributed by atoms with Crippen molar-refractivity contribution >= 4 is 11.4 Å². The molecule has 0 fully saturated rings. The van der Waals surface area contributed by atoms with E-state index in [0.29, 0.717) is 0 Å². The van der Waals surface area contributed by atoms with Gasteiger partial charge in [0.2, 0.25) is 0 Å². The molecule has 1 heterocycles. The maximum absolute atomic E-state index is 5.23. The Kier molecular flexibility index (Phi) is 3.33. The standard InChI is InChI=1S/C17H16NO2/c1-19-14-6-3-12(4-7-14)16-9-5-13-11-15(20-2)8-10-17(13)18-16/h3-11,18H,1-2H3. The minimum Gasteiger partial charge on any atom is -0.497 e. The predicted molar refractivity (Wildman–Crippen MR) is 81.0 cm³/mol. The number of ether oxygens (including phenoxy) is 2. The number of hydrogen-bond acceptors (Lipinski definition) is 3. The maximum atomic E-state index is 5.23. The third kappa shape index (κ3) is 2.35. The van der Waals surface area contributed by atoms with Crippen LogP contribution in [-0.2, 0) is 0 Å². The SMILES string of the molecule is COc1ccc(C2=C[CH]c3cc(OC)ccc3N2)cc1. The van der Waals surface area contributed by atoms with Gasteiger partial charge in [0, 0.05) is 17.8 Å². The Labute approximate surface area is 118 Å². The lowest BCUT2D eigenvalue weighted by atomic mass is 10.0. The molecular weight excluding hydrogens is 250 g/mol. The molecule has 0 bridgehead atoms. The van der Waals surface area contributed by atoms with Crippen LogP contribution in [0.15, 0.2) is 48.5 Å². The molecule has 1 aliphatic rings. The van der Waals surface area contributed by atoms with E-state index in [0.717, 1.165) is 34.0 Å². The lowest BCUT2D eigenvalue weighted by Gasteiger charge is -2.20. The number of methoxy groups -OCH3 is 2. The highest BCUT2D eigenvalue weighted by atomic mass is 16.5. The van der Waals surface area contributed by atoms with Gasteiger partial charge in [0.15, 0.2) is 0 Å². The summed E-state index contributed by atoms with van der Waals surface area (Å²) >= 11 is 0. The van der Waals surface area contributed by atoms with E-state index in [4.69, 9.17) is 9.47 Å². The second-order valence-corrected chi connectivity index (χ2v) is 4.55. The quantitative estimate of drug-likeness (QED) is 0.918. The molecule has 3 rings (SSSR count). The second kappa shape index (κ2) is 5.29. The molecule has 2 aromatic carbocycles. The number of allylic oxidation sites excluding steroid dienone is 1. The van der Waals surface area contributed by atoms with Crippen LogP contribution in [0.5, 0.6) is 11.5 Å². The van der Waals surface area contributed by atoms with E-state index in [1.165, 1.54) is 0 Å². The Morgan fingerprint density at radius 1 is 0.850 bits per heavy atom. The van der Waals surface area contributed by atoms with Gasteiger partial charge in [-0.1, -0.05) is 6.08 Å². The fraction of sp³-hybridized carbons (Fsp3) is 0.118. The first-order chi connectivity index (χ1) is 9.80. The van der Waals surface area contributed by atoms with Crippen LogP contribution >= 0.6 is 0 Å². The first-order valence-corrected chi connectivity index (χ1v) is 6.44. The Bertz CT molecular complexity index is 645. The van der Waals surface area contributed by atoms with E-state index in [1.54, 1.807) is 14.2 Å². The third-order valence-electron chi connectivity index (χ3n) is 3.36. The van der Waals surface area contributed by atoms with Gasteiger partial charge in [-0.3, -0.25) is 0 Å². The van der Waals surface area contributed by atoms with Crippen LogP contribution in [0, 0.1) is 6.42 Å². The summed E-state index contributed by atoms with van der Waals surface area (Å²) in [5.41, 5.74) is 4.41. The van der Waals surface area contributed by atoms with Crippen molar-refractivity contribution in [3.05, 3.63) is 66.1 Å². The highest BCUT2D eigenvalue weighted by Gasteiger charge is 2.12. The summed E-state index contributed by atoms with van der Waals surface area (Å²) < 4.78 is 10.4. The average molecular weight is 266 g/mol. The van der Waals surface area contributed by atoms with Gasteiger partial charge in [0.05, 0.1) is 14.2 Å². The van der Waals surface area contributed by atoms with Crippen LogP contribution < -0.4 is 14.8 Å². The zero-order valence-corrected chi connectivity index (χ0v) is 11.5. The van der Waals surface area contributed by atoms with Crippen molar-refractivity contribution in [3.8, 4) is 11.5 Å². The number of hydrogen-bond donors (Lipinski definition) is 1. The molecule has 0 saturated carbocycles. The highest BCUT2D eigenvalue weighted by molar-refractivity contribution is 5.83. The number of rotatable bonds is 3. The van der Waals surface area contributed by atoms with Gasteiger partial charge in [-0.15, -0.1) is 0 Å². The van der Waals surface area contributed by atoms with Crippen LogP contribution in [0.4, 0.5) is 5.69 Å². The monoisotopic (exact) mass is 266 g/mol. The van der Waals surface area contributed by atoms with Crippen molar-refractivity contribution in [3.63, 3.8) is 0 Å². The average Bonchev–Trinajstić information content (AvgIpc) is 2.54. The van der Waals surface area contributed by atoms with Gasteiger partial charge < -0.3 is 14.8 Å². The van der Waals surface area contributed by atoms with Crippen LogP contribution in [0.3, 0.4) is 0 Å². The lowest BCUT2D eigenvalue weighted by molar-refractivity contribution is 0.414. The van der Waals surface area contributed by atoms with Gasteiger partial charge in [-0.05, 0) is 53.6 Å². The summed E-state index contributed by atoms with van der Waals surface area (Å²) in [6, 6.07) is 14.0. The molecule has 1 radical (unpaired) electrons. The van der Waals surface area contributed by atoms with Crippen molar-refractivity contribution in [1.29, 1.82) is 0 Å². The largest absolute Gasteiger partial charge is 0.497 e. The van der Waals surface area contributed by atoms with Crippen molar-refractivity contribution < 1.29 is 9.47 Å². The summed E-state index contributed by atoms with van der Waals surface area (Å²) in [7, 11) is 3.35. The summed E-state index contributed by atoms with van der Waals surface area (Å²) in [6.45, 7) is 0. The van der Waals surface area contributed by atoms with Crippen LogP contribution in [0.2, 0.25) is 0 Å². The molecule has 0 aliphatic carbocycles. The number of anilines is 1. The molecule has 101 valence electrons. The van der Waals surface area contributed by atoms with Gasteiger partial charge in [0.1, 0.15) is 11.5 Å². The van der Waals surface area contributed by atoms with E-state index in [1.807, 2.05) is 42.5 Å². The van der Waals surface area contributed by atoms with Crippen LogP contribution in [0.1, 0.15) is 11.1 Å². The smallest absolute Gasteiger partial charge is 0.119 e. The van der Waals surface area contributed by atoms with Crippen molar-refractivity contribution in [2.75, 3.05) is 19.5 Å². The normalized spacial score (nSPS) is 13.0. The predicted octanol–water partition coefficient (Wildman–Crippen LogP) is 3.72. The van der Waals surface area contributed by atoms with Crippen molar-refractivity contribution in [2.45, 2.75) is 0 Å². The Morgan fingerprint density at radius 2 is 1.55 bits per heavy atom. The van der Waals surface area contributed by atoms with Gasteiger partial charge >= 0.3 is 0 Å². The molecule has 2 aromatic rings. The summed E-state index contributed by atoms with van der Waals surface area (Å²) in [5, 5.41) is 3.44. The number of fused-ring (bicyclic) bond motifs is 1. The van der Waals surface area contributed by atoms with E-state index in [-0.39, 0.29) is 0 Å². The third-order valence-corrected chi connectivity index (χ3v) is 3.36. The molecule has 20 heavy (non-hydrogen) atoms.